The van der Waals surface area contributed by atoms with Gasteiger partial charge < -0.3 is 14.9 Å². The molecule has 0 unspecified atom stereocenters. The minimum absolute atomic E-state index is 0. The number of fused-ring (bicyclic) bond motifs is 4. The average molecular weight is 673 g/mol. The molecule has 8 aromatic rings. The Morgan fingerprint density at radius 3 is 1.27 bits per heavy atom. The first-order chi connectivity index (χ1) is 22.0. The number of benzene rings is 6. The Labute approximate surface area is 303 Å². The monoisotopic (exact) mass is 672 g/mol. The summed E-state index contributed by atoms with van der Waals surface area (Å²) in [5, 5.41) is 14.0. The third kappa shape index (κ3) is 5.43. The zero-order valence-electron chi connectivity index (χ0n) is 29.1. The van der Waals surface area contributed by atoms with E-state index in [4.69, 9.17) is 0 Å². The Kier molecular flexibility index (Phi) is 10.2. The van der Waals surface area contributed by atoms with Crippen LogP contribution in [0.25, 0.3) is 65.3 Å². The van der Waals surface area contributed by atoms with Crippen molar-refractivity contribution in [2.75, 3.05) is 0 Å². The van der Waals surface area contributed by atoms with Crippen molar-refractivity contribution < 1.29 is 21.7 Å². The second-order valence-electron chi connectivity index (χ2n) is 13.0. The number of hydrogen-bond donors (Lipinski definition) is 0. The normalized spacial score (nSPS) is 11.4. The minimum Gasteiger partial charge on any atom is -0.358 e. The van der Waals surface area contributed by atoms with Gasteiger partial charge in [0.15, 0.2) is 0 Å². The standard InChI is InChI=1S/C44H38Si.2CH3.Ti/c1-5-29-27-33-19-13-25-39(43(33)41(29)37-23-11-17-31-15-7-9-21-35(31)37)45(3,4)40-26-14-20-34-28-30(6-2)42(44(34)40)38-24-12-18-32-16-8-10-22-36(32)38;;;/h7-28H,5-6H2,1-4H3;2*1H3;/q-2;2*-1;+4. The summed E-state index contributed by atoms with van der Waals surface area (Å²) < 4.78 is 0. The molecule has 0 spiro atoms. The molecule has 236 valence electrons. The molecule has 2 heteroatoms. The van der Waals surface area contributed by atoms with Gasteiger partial charge in [0, 0.05) is 0 Å². The molecule has 0 aliphatic carbocycles. The molecule has 0 amide bonds. The third-order valence-corrected chi connectivity index (χ3v) is 13.7. The molecular formula is C46H44SiTi. The van der Waals surface area contributed by atoms with Crippen molar-refractivity contribution in [3.8, 4) is 22.3 Å². The first-order valence-electron chi connectivity index (χ1n) is 16.4. The molecule has 0 radical (unpaired) electrons. The summed E-state index contributed by atoms with van der Waals surface area (Å²) in [7, 11) is -2.25. The van der Waals surface area contributed by atoms with E-state index in [1.54, 1.807) is 0 Å². The summed E-state index contributed by atoms with van der Waals surface area (Å²) in [6.45, 7) is 9.76. The van der Waals surface area contributed by atoms with E-state index >= 15 is 0 Å². The van der Waals surface area contributed by atoms with Gasteiger partial charge in [0.05, 0.1) is 8.07 Å². The van der Waals surface area contributed by atoms with Crippen molar-refractivity contribution >= 4 is 61.5 Å². The molecule has 0 heterocycles. The molecule has 0 aromatic heterocycles. The molecule has 0 bridgehead atoms. The predicted octanol–water partition coefficient (Wildman–Crippen LogP) is 11.9. The molecule has 8 aromatic carbocycles. The van der Waals surface area contributed by atoms with E-state index in [2.05, 4.69) is 160 Å². The maximum absolute atomic E-state index is 2.58. The summed E-state index contributed by atoms with van der Waals surface area (Å²) in [5.41, 5.74) is 8.45. The van der Waals surface area contributed by atoms with Gasteiger partial charge in [0.1, 0.15) is 0 Å². The van der Waals surface area contributed by atoms with Crippen molar-refractivity contribution in [3.63, 3.8) is 0 Å². The maximum Gasteiger partial charge on any atom is 4.00 e. The van der Waals surface area contributed by atoms with Crippen LogP contribution in [0.15, 0.2) is 133 Å². The Morgan fingerprint density at radius 2 is 0.854 bits per heavy atom. The third-order valence-electron chi connectivity index (χ3n) is 10.2. The summed E-state index contributed by atoms with van der Waals surface area (Å²) in [5.74, 6) is 0. The molecule has 0 saturated heterocycles. The predicted molar refractivity (Wildman–Crippen MR) is 213 cm³/mol. The van der Waals surface area contributed by atoms with E-state index in [1.165, 1.54) is 86.8 Å². The van der Waals surface area contributed by atoms with Gasteiger partial charge >= 0.3 is 21.7 Å². The Bertz CT molecular complexity index is 2200. The van der Waals surface area contributed by atoms with Crippen molar-refractivity contribution in [1.82, 2.24) is 0 Å². The fourth-order valence-electron chi connectivity index (χ4n) is 8.03. The van der Waals surface area contributed by atoms with Crippen molar-refractivity contribution in [3.05, 3.63) is 159 Å². The van der Waals surface area contributed by atoms with Crippen LogP contribution in [-0.2, 0) is 34.6 Å². The summed E-state index contributed by atoms with van der Waals surface area (Å²) >= 11 is 0. The molecular weight excluding hydrogens is 628 g/mol. The van der Waals surface area contributed by atoms with Gasteiger partial charge in [-0.3, -0.25) is 0 Å². The van der Waals surface area contributed by atoms with Crippen LogP contribution >= 0.6 is 0 Å². The number of hydrogen-bond acceptors (Lipinski definition) is 0. The van der Waals surface area contributed by atoms with E-state index in [9.17, 15) is 0 Å². The Morgan fingerprint density at radius 1 is 0.479 bits per heavy atom. The number of aryl methyl sites for hydroxylation is 2. The van der Waals surface area contributed by atoms with E-state index in [1.807, 2.05) is 0 Å². The van der Waals surface area contributed by atoms with Crippen LogP contribution < -0.4 is 10.4 Å². The van der Waals surface area contributed by atoms with Gasteiger partial charge in [-0.25, -0.2) is 0 Å². The van der Waals surface area contributed by atoms with Crippen molar-refractivity contribution in [2.24, 2.45) is 0 Å². The zero-order valence-corrected chi connectivity index (χ0v) is 31.7. The molecule has 0 aliphatic rings. The van der Waals surface area contributed by atoms with E-state index in [0.29, 0.717) is 0 Å². The molecule has 0 nitrogen and oxygen atoms in total. The Balaban J connectivity index is 0.00000150. The van der Waals surface area contributed by atoms with E-state index < -0.39 is 8.07 Å². The quantitative estimate of drug-likeness (QED) is 0.122. The SMILES string of the molecule is CCc1[cH-]c2cccc([Si](C)(C)c3cccc4[cH-]c(CC)c(-c5cccc6ccccc56)c34)c2c1-c1cccc2ccccc12.[CH3-].[CH3-].[Ti+4]. The van der Waals surface area contributed by atoms with Crippen LogP contribution in [0.2, 0.25) is 13.1 Å². The second kappa shape index (κ2) is 13.8. The molecule has 8 rings (SSSR count). The molecule has 0 atom stereocenters. The minimum atomic E-state index is -2.25. The topological polar surface area (TPSA) is 0 Å². The average Bonchev–Trinajstić information content (AvgIpc) is 3.66. The van der Waals surface area contributed by atoms with Crippen molar-refractivity contribution in [1.29, 1.82) is 0 Å². The van der Waals surface area contributed by atoms with Crippen LogP contribution in [0.1, 0.15) is 25.0 Å². The Hall–Kier alpha value is -4.01. The van der Waals surface area contributed by atoms with Crippen LogP contribution in [-0.4, -0.2) is 8.07 Å². The summed E-state index contributed by atoms with van der Waals surface area (Å²) in [6.07, 6.45) is 2.02. The smallest absolute Gasteiger partial charge is 0.358 e. The molecule has 0 fully saturated rings. The van der Waals surface area contributed by atoms with Crippen LogP contribution in [0.3, 0.4) is 0 Å². The largest absolute Gasteiger partial charge is 4.00 e. The molecule has 48 heavy (non-hydrogen) atoms. The van der Waals surface area contributed by atoms with E-state index in [-0.39, 0.29) is 36.6 Å². The first kappa shape index (κ1) is 35.3. The fraction of sp³-hybridized carbons (Fsp3) is 0.130. The van der Waals surface area contributed by atoms with E-state index in [0.717, 1.165) is 12.8 Å². The first-order valence-corrected chi connectivity index (χ1v) is 19.4. The summed E-state index contributed by atoms with van der Waals surface area (Å²) in [4.78, 5) is 0. The molecule has 0 N–H and O–H groups in total. The maximum atomic E-state index is 2.58. The van der Waals surface area contributed by atoms with Crippen LogP contribution in [0.4, 0.5) is 0 Å². The van der Waals surface area contributed by atoms with Gasteiger partial charge in [-0.1, -0.05) is 146 Å². The van der Waals surface area contributed by atoms with Gasteiger partial charge in [-0.05, 0) is 34.4 Å². The molecule has 0 saturated carbocycles. The van der Waals surface area contributed by atoms with Crippen LogP contribution in [0, 0.1) is 14.9 Å². The number of rotatable bonds is 6. The zero-order chi connectivity index (χ0) is 30.7. The van der Waals surface area contributed by atoms with Gasteiger partial charge in [0.2, 0.25) is 0 Å². The van der Waals surface area contributed by atoms with Crippen molar-refractivity contribution in [2.45, 2.75) is 39.8 Å². The van der Waals surface area contributed by atoms with Crippen LogP contribution in [0.5, 0.6) is 0 Å². The molecule has 0 aliphatic heterocycles. The van der Waals surface area contributed by atoms with Gasteiger partial charge in [-0.2, -0.15) is 0 Å². The second-order valence-corrected chi connectivity index (χ2v) is 17.3. The summed E-state index contributed by atoms with van der Waals surface area (Å²) in [6, 6.07) is 50.4. The van der Waals surface area contributed by atoms with Gasteiger partial charge in [-0.15, -0.1) is 80.2 Å². The fourth-order valence-corrected chi connectivity index (χ4v) is 11.1. The van der Waals surface area contributed by atoms with Gasteiger partial charge in [0.25, 0.3) is 0 Å².